The van der Waals surface area contributed by atoms with E-state index in [1.54, 1.807) is 36.2 Å². The third kappa shape index (κ3) is 5.73. The predicted octanol–water partition coefficient (Wildman–Crippen LogP) is 6.61. The number of nitrogens with zero attached hydrogens (tertiary/aromatic N) is 1. The molecule has 0 spiro atoms. The SMILES string of the molecule is CC(C)(C)N(C(=O)O)c1ccc(-c2cccs2)cc1NC(=O)c1ccc(C2CC[PH](C)(O)O2)cc1. The number of nitrogens with one attached hydrogen (secondary N) is 1. The molecule has 0 aliphatic carbocycles. The van der Waals surface area contributed by atoms with Crippen LogP contribution in [0.4, 0.5) is 16.2 Å². The molecule has 4 rings (SSSR count). The molecule has 186 valence electrons. The van der Waals surface area contributed by atoms with Crippen molar-refractivity contribution >= 4 is 42.4 Å². The van der Waals surface area contributed by atoms with Crippen LogP contribution in [-0.4, -0.2) is 40.4 Å². The Morgan fingerprint density at radius 3 is 2.40 bits per heavy atom. The van der Waals surface area contributed by atoms with Crippen LogP contribution in [0.1, 0.15) is 49.2 Å². The number of carbonyl (C=O) groups excluding carboxylic acids is 1. The van der Waals surface area contributed by atoms with Crippen molar-refractivity contribution in [3.8, 4) is 10.4 Å². The second-order valence-corrected chi connectivity index (χ2v) is 13.9. The molecule has 1 aromatic heterocycles. The van der Waals surface area contributed by atoms with Gasteiger partial charge in [0.2, 0.25) is 0 Å². The Morgan fingerprint density at radius 1 is 1.14 bits per heavy atom. The van der Waals surface area contributed by atoms with Gasteiger partial charge in [-0.05, 0) is 32.2 Å². The average Bonchev–Trinajstić information content (AvgIpc) is 3.43. The first-order valence-electron chi connectivity index (χ1n) is 11.5. The van der Waals surface area contributed by atoms with Gasteiger partial charge in [-0.1, -0.05) is 6.07 Å². The monoisotopic (exact) mass is 514 g/mol. The van der Waals surface area contributed by atoms with Crippen LogP contribution in [0.5, 0.6) is 0 Å². The van der Waals surface area contributed by atoms with Crippen molar-refractivity contribution in [2.24, 2.45) is 0 Å². The average molecular weight is 515 g/mol. The fraction of sp³-hybridized carbons (Fsp3) is 0.308. The molecule has 1 unspecified atom stereocenters. The molecule has 1 saturated heterocycles. The van der Waals surface area contributed by atoms with Gasteiger partial charge in [0.1, 0.15) is 0 Å². The quantitative estimate of drug-likeness (QED) is 0.333. The number of thiophene rings is 1. The molecule has 1 aliphatic rings. The molecule has 9 heteroatoms. The molecule has 35 heavy (non-hydrogen) atoms. The Labute approximate surface area is 209 Å². The van der Waals surface area contributed by atoms with Gasteiger partial charge in [0.05, 0.1) is 0 Å². The summed E-state index contributed by atoms with van der Waals surface area (Å²) in [7, 11) is -2.57. The molecule has 3 aromatic rings. The van der Waals surface area contributed by atoms with Gasteiger partial charge in [0.15, 0.2) is 0 Å². The molecule has 1 fully saturated rings. The third-order valence-corrected chi connectivity index (χ3v) is 8.89. The minimum absolute atomic E-state index is 0.154. The van der Waals surface area contributed by atoms with E-state index < -0.39 is 19.3 Å². The first-order chi connectivity index (χ1) is 16.4. The predicted molar refractivity (Wildman–Crippen MR) is 144 cm³/mol. The van der Waals surface area contributed by atoms with Crippen LogP contribution < -0.4 is 10.2 Å². The van der Waals surface area contributed by atoms with Crippen molar-refractivity contribution in [1.82, 2.24) is 0 Å². The molecule has 1 aliphatic heterocycles. The van der Waals surface area contributed by atoms with Gasteiger partial charge in [0, 0.05) is 0 Å². The Bertz CT molecular complexity index is 1220. The van der Waals surface area contributed by atoms with Crippen LogP contribution in [-0.2, 0) is 4.52 Å². The van der Waals surface area contributed by atoms with E-state index in [9.17, 15) is 19.6 Å². The number of benzene rings is 2. The molecule has 7 nitrogen and oxygen atoms in total. The first-order valence-corrected chi connectivity index (χ1v) is 14.9. The van der Waals surface area contributed by atoms with Crippen molar-refractivity contribution in [1.29, 1.82) is 0 Å². The molecule has 2 heterocycles. The summed E-state index contributed by atoms with van der Waals surface area (Å²) in [5.74, 6) is -0.339. The van der Waals surface area contributed by atoms with Gasteiger partial charge in [-0.25, -0.2) is 4.79 Å². The molecule has 2 aromatic carbocycles. The summed E-state index contributed by atoms with van der Waals surface area (Å²) in [6.45, 7) is 7.21. The van der Waals surface area contributed by atoms with Crippen molar-refractivity contribution in [2.45, 2.75) is 38.8 Å². The summed E-state index contributed by atoms with van der Waals surface area (Å²) in [6.07, 6.45) is 0.203. The van der Waals surface area contributed by atoms with E-state index in [4.69, 9.17) is 4.52 Å². The summed E-state index contributed by atoms with van der Waals surface area (Å²) in [5, 5.41) is 14.9. The van der Waals surface area contributed by atoms with E-state index in [2.05, 4.69) is 5.32 Å². The van der Waals surface area contributed by atoms with Crippen molar-refractivity contribution in [3.63, 3.8) is 0 Å². The van der Waals surface area contributed by atoms with Crippen molar-refractivity contribution in [3.05, 3.63) is 71.1 Å². The van der Waals surface area contributed by atoms with Gasteiger partial charge in [-0.3, -0.25) is 0 Å². The maximum atomic E-state index is 13.2. The molecule has 1 atom stereocenters. The van der Waals surface area contributed by atoms with Gasteiger partial charge in [-0.15, -0.1) is 11.3 Å². The number of amides is 2. The fourth-order valence-corrected chi connectivity index (χ4v) is 6.79. The number of hydrogen-bond donors (Lipinski definition) is 3. The Morgan fingerprint density at radius 2 is 1.86 bits per heavy atom. The maximum absolute atomic E-state index is 13.2. The number of anilines is 2. The van der Waals surface area contributed by atoms with Gasteiger partial charge in [-0.2, -0.15) is 0 Å². The molecule has 2 amide bonds. The van der Waals surface area contributed by atoms with E-state index in [0.717, 1.165) is 22.4 Å². The van der Waals surface area contributed by atoms with Crippen LogP contribution in [0, 0.1) is 0 Å². The van der Waals surface area contributed by atoms with Crippen LogP contribution in [0.2, 0.25) is 0 Å². The van der Waals surface area contributed by atoms with Gasteiger partial charge < -0.3 is 5.11 Å². The second-order valence-electron chi connectivity index (χ2n) is 9.89. The summed E-state index contributed by atoms with van der Waals surface area (Å²) in [6, 6.07) is 16.5. The first kappa shape index (κ1) is 25.3. The second kappa shape index (κ2) is 9.70. The molecule has 0 bridgehead atoms. The van der Waals surface area contributed by atoms with E-state index in [-0.39, 0.29) is 12.0 Å². The number of carbonyl (C=O) groups is 2. The standard InChI is InChI=1S/C26H31N2O5PS/c1-26(2,3)28(25(30)31)21-12-11-19(23-6-5-15-35-23)16-20(21)27-24(29)18-9-7-17(8-10-18)22-13-14-34(4,32)33-22/h5-12,15-16,22,32,34H,13-14H2,1-4H3,(H,27,29)(H,30,31). The van der Waals surface area contributed by atoms with E-state index in [1.807, 2.05) is 62.5 Å². The number of hydrogen-bond acceptors (Lipinski definition) is 5. The van der Waals surface area contributed by atoms with Crippen LogP contribution in [0.3, 0.4) is 0 Å². The van der Waals surface area contributed by atoms with Gasteiger partial charge in [0.25, 0.3) is 0 Å². The number of carboxylic acid groups (broad SMARTS) is 1. The summed E-state index contributed by atoms with van der Waals surface area (Å²) in [4.78, 5) is 37.8. The zero-order chi connectivity index (χ0) is 25.4. The van der Waals surface area contributed by atoms with E-state index in [0.29, 0.717) is 23.1 Å². The van der Waals surface area contributed by atoms with Gasteiger partial charge >= 0.3 is 150 Å². The zero-order valence-electron chi connectivity index (χ0n) is 20.2. The van der Waals surface area contributed by atoms with Crippen LogP contribution in [0.15, 0.2) is 60.0 Å². The molecule has 0 radical (unpaired) electrons. The summed E-state index contributed by atoms with van der Waals surface area (Å²) in [5.41, 5.74) is 2.37. The Hall–Kier alpha value is -2.77. The molecule has 3 N–H and O–H groups in total. The van der Waals surface area contributed by atoms with E-state index in [1.165, 1.54) is 4.90 Å². The van der Waals surface area contributed by atoms with Crippen molar-refractivity contribution < 1.29 is 24.1 Å². The zero-order valence-corrected chi connectivity index (χ0v) is 22.1. The normalized spacial score (nSPS) is 18.1. The van der Waals surface area contributed by atoms with E-state index >= 15 is 0 Å². The summed E-state index contributed by atoms with van der Waals surface area (Å²) < 4.78 is 5.81. The molecular weight excluding hydrogens is 483 g/mol. The molecular formula is C26H31N2O5PS. The van der Waals surface area contributed by atoms with Crippen molar-refractivity contribution in [2.75, 3.05) is 23.0 Å². The minimum atomic E-state index is -2.57. The number of rotatable bonds is 5. The van der Waals surface area contributed by atoms with Crippen LogP contribution in [0.25, 0.3) is 10.4 Å². The third-order valence-electron chi connectivity index (χ3n) is 5.96. The molecule has 0 saturated carbocycles. The van der Waals surface area contributed by atoms with Crippen LogP contribution >= 0.6 is 19.1 Å². The Kier molecular flexibility index (Phi) is 7.02. The Balaban J connectivity index is 1.64. The fourth-order valence-electron chi connectivity index (χ4n) is 4.28. The topological polar surface area (TPSA) is 99.1 Å². The summed E-state index contributed by atoms with van der Waals surface area (Å²) >= 11 is 1.57.